The Labute approximate surface area is 231 Å². The number of hydrogen-bond acceptors (Lipinski definition) is 9. The van der Waals surface area contributed by atoms with Crippen molar-refractivity contribution in [2.45, 2.75) is 77.7 Å². The molecule has 1 unspecified atom stereocenters. The molecule has 2 aromatic rings. The standard InChI is InChI=1S/C27H40N6O5Si/c1-7-37-26(34)32-17-20-14-11-13-19(16-20)12-9-8-10-15-21(18-38-39(5,6)27(2,3)4)29-25-30-23(28)22(33(35)36)24(32)31-25/h8-9,11,13-14,16,21H,7,10,12,15,17-18H2,1-6H3,(H3,28,29,30,31)/b9-8+. The van der Waals surface area contributed by atoms with Crippen LogP contribution < -0.4 is 16.0 Å². The molecule has 0 fully saturated rings. The number of anilines is 3. The lowest BCUT2D eigenvalue weighted by atomic mass is 10.1. The molecule has 0 saturated heterocycles. The third-order valence-electron chi connectivity index (χ3n) is 7.14. The Balaban J connectivity index is 2.10. The molecule has 3 rings (SSSR count). The third-order valence-corrected chi connectivity index (χ3v) is 11.6. The van der Waals surface area contributed by atoms with Gasteiger partial charge in [0.05, 0.1) is 30.7 Å². The molecule has 2 heterocycles. The number of allylic oxidation sites excluding steroid dienone is 2. The number of aromatic nitrogens is 2. The first-order valence-electron chi connectivity index (χ1n) is 13.2. The molecule has 0 spiro atoms. The minimum Gasteiger partial charge on any atom is -0.449 e. The summed E-state index contributed by atoms with van der Waals surface area (Å²) in [4.78, 5) is 34.3. The highest BCUT2D eigenvalue weighted by Gasteiger charge is 2.38. The molecule has 0 saturated carbocycles. The number of amides is 1. The van der Waals surface area contributed by atoms with Gasteiger partial charge in [-0.1, -0.05) is 57.2 Å². The average molecular weight is 557 g/mol. The van der Waals surface area contributed by atoms with Crippen LogP contribution >= 0.6 is 0 Å². The summed E-state index contributed by atoms with van der Waals surface area (Å²) in [6.07, 6.45) is 5.69. The Kier molecular flexibility index (Phi) is 9.67. The highest BCUT2D eigenvalue weighted by molar-refractivity contribution is 6.74. The number of nitrogens with two attached hydrogens (primary N) is 1. The summed E-state index contributed by atoms with van der Waals surface area (Å²) in [7, 11) is -2.05. The molecule has 1 aromatic heterocycles. The zero-order valence-electron chi connectivity index (χ0n) is 23.7. The molecule has 39 heavy (non-hydrogen) atoms. The van der Waals surface area contributed by atoms with Gasteiger partial charge in [-0.05, 0) is 55.4 Å². The summed E-state index contributed by atoms with van der Waals surface area (Å²) in [5, 5.41) is 15.4. The molecular weight excluding hydrogens is 516 g/mol. The van der Waals surface area contributed by atoms with E-state index in [0.717, 1.165) is 22.4 Å². The number of nitrogens with one attached hydrogen (secondary N) is 1. The molecule has 11 nitrogen and oxygen atoms in total. The first-order valence-corrected chi connectivity index (χ1v) is 16.1. The zero-order chi connectivity index (χ0) is 28.8. The number of carbonyl (C=O) groups is 1. The van der Waals surface area contributed by atoms with E-state index in [1.807, 2.05) is 24.3 Å². The van der Waals surface area contributed by atoms with Crippen LogP contribution in [0.25, 0.3) is 0 Å². The first kappa shape index (κ1) is 30.0. The fourth-order valence-corrected chi connectivity index (χ4v) is 4.94. The molecule has 0 radical (unpaired) electrons. The van der Waals surface area contributed by atoms with Crippen molar-refractivity contribution in [3.63, 3.8) is 0 Å². The first-order chi connectivity index (χ1) is 18.3. The number of nitrogens with zero attached hydrogens (tertiary/aromatic N) is 4. The van der Waals surface area contributed by atoms with E-state index in [4.69, 9.17) is 14.9 Å². The van der Waals surface area contributed by atoms with Crippen LogP contribution in [0.15, 0.2) is 36.4 Å². The van der Waals surface area contributed by atoms with Crippen LogP contribution in [0.2, 0.25) is 18.1 Å². The van der Waals surface area contributed by atoms with E-state index in [-0.39, 0.29) is 41.8 Å². The summed E-state index contributed by atoms with van der Waals surface area (Å²) in [6.45, 7) is 13.1. The number of hydrogen-bond donors (Lipinski definition) is 2. The van der Waals surface area contributed by atoms with Crippen LogP contribution in [0.5, 0.6) is 0 Å². The van der Waals surface area contributed by atoms with Gasteiger partial charge >= 0.3 is 11.8 Å². The summed E-state index contributed by atoms with van der Waals surface area (Å²) in [5.74, 6) is -0.487. The highest BCUT2D eigenvalue weighted by atomic mass is 28.4. The minimum atomic E-state index is -2.05. The predicted octanol–water partition coefficient (Wildman–Crippen LogP) is 5.82. The number of ether oxygens (including phenoxy) is 1. The van der Waals surface area contributed by atoms with Gasteiger partial charge in [0.1, 0.15) is 0 Å². The molecule has 3 N–H and O–H groups in total. The number of carbonyl (C=O) groups excluding carboxylic acids is 1. The smallest absolute Gasteiger partial charge is 0.415 e. The average Bonchev–Trinajstić information content (AvgIpc) is 2.84. The largest absolute Gasteiger partial charge is 0.449 e. The Hall–Kier alpha value is -3.51. The van der Waals surface area contributed by atoms with Crippen molar-refractivity contribution in [3.05, 3.63) is 57.7 Å². The van der Waals surface area contributed by atoms with Crippen molar-refractivity contribution >= 4 is 37.7 Å². The van der Waals surface area contributed by atoms with E-state index in [1.165, 1.54) is 0 Å². The number of nitrogen functional groups attached to an aromatic ring is 1. The van der Waals surface area contributed by atoms with Crippen LogP contribution in [0.4, 0.5) is 28.1 Å². The summed E-state index contributed by atoms with van der Waals surface area (Å²) in [5.41, 5.74) is 7.36. The maximum absolute atomic E-state index is 13.1. The molecule has 212 valence electrons. The van der Waals surface area contributed by atoms with Crippen molar-refractivity contribution < 1.29 is 18.9 Å². The summed E-state index contributed by atoms with van der Waals surface area (Å²) in [6, 6.07) is 7.51. The fourth-order valence-electron chi connectivity index (χ4n) is 3.89. The van der Waals surface area contributed by atoms with Crippen molar-refractivity contribution in [1.29, 1.82) is 0 Å². The number of rotatable bonds is 5. The van der Waals surface area contributed by atoms with Crippen LogP contribution in [0.3, 0.4) is 0 Å². The second-order valence-electron chi connectivity index (χ2n) is 11.1. The van der Waals surface area contributed by atoms with Gasteiger partial charge in [-0.15, -0.1) is 0 Å². The van der Waals surface area contributed by atoms with Crippen molar-refractivity contribution in [3.8, 4) is 0 Å². The molecule has 12 heteroatoms. The van der Waals surface area contributed by atoms with Crippen LogP contribution in [-0.4, -0.2) is 48.6 Å². The maximum atomic E-state index is 13.1. The Morgan fingerprint density at radius 1 is 1.26 bits per heavy atom. The molecular formula is C27H40N6O5Si. The zero-order valence-corrected chi connectivity index (χ0v) is 24.7. The van der Waals surface area contributed by atoms with Gasteiger partial charge < -0.3 is 20.2 Å². The quantitative estimate of drug-likeness (QED) is 0.201. The normalized spacial score (nSPS) is 17.4. The third kappa shape index (κ3) is 7.76. The number of nitro groups is 1. The molecule has 0 aliphatic carbocycles. The van der Waals surface area contributed by atoms with Gasteiger partial charge in [0.2, 0.25) is 17.6 Å². The van der Waals surface area contributed by atoms with Gasteiger partial charge in [-0.2, -0.15) is 9.97 Å². The lowest BCUT2D eigenvalue weighted by Gasteiger charge is -2.37. The summed E-state index contributed by atoms with van der Waals surface area (Å²) >= 11 is 0. The highest BCUT2D eigenvalue weighted by Crippen LogP contribution is 2.37. The van der Waals surface area contributed by atoms with Gasteiger partial charge in [-0.25, -0.2) is 4.79 Å². The van der Waals surface area contributed by atoms with Gasteiger partial charge in [0.25, 0.3) is 0 Å². The minimum absolute atomic E-state index is 0.00499. The van der Waals surface area contributed by atoms with E-state index in [2.05, 4.69) is 61.3 Å². The summed E-state index contributed by atoms with van der Waals surface area (Å²) < 4.78 is 11.7. The van der Waals surface area contributed by atoms with E-state index in [1.54, 1.807) is 6.92 Å². The SMILES string of the molecule is CCOC(=O)N1Cc2cccc(c2)C/C=C/CCC(CO[Si](C)(C)C(C)(C)C)Nc2nc(N)c([N+](=O)[O-])c1n2. The topological polar surface area (TPSA) is 146 Å². The van der Waals surface area contributed by atoms with E-state index >= 15 is 0 Å². The second kappa shape index (κ2) is 12.6. The maximum Gasteiger partial charge on any atom is 0.415 e. The monoisotopic (exact) mass is 556 g/mol. The van der Waals surface area contributed by atoms with Gasteiger partial charge in [0.15, 0.2) is 8.32 Å². The Morgan fingerprint density at radius 2 is 1.97 bits per heavy atom. The molecule has 1 atom stereocenters. The van der Waals surface area contributed by atoms with E-state index < -0.39 is 25.0 Å². The Morgan fingerprint density at radius 3 is 2.64 bits per heavy atom. The van der Waals surface area contributed by atoms with Crippen molar-refractivity contribution in [2.75, 3.05) is 29.2 Å². The van der Waals surface area contributed by atoms with Gasteiger partial charge in [0, 0.05) is 0 Å². The Bertz CT molecular complexity index is 1210. The lowest BCUT2D eigenvalue weighted by Crippen LogP contribution is -2.43. The van der Waals surface area contributed by atoms with Gasteiger partial charge in [-0.3, -0.25) is 15.0 Å². The van der Waals surface area contributed by atoms with Crippen molar-refractivity contribution in [1.82, 2.24) is 9.97 Å². The number of fused-ring (bicyclic) bond motifs is 4. The van der Waals surface area contributed by atoms with Crippen molar-refractivity contribution in [2.24, 2.45) is 0 Å². The molecule has 1 aliphatic rings. The lowest BCUT2D eigenvalue weighted by molar-refractivity contribution is -0.383. The predicted molar refractivity (Wildman–Crippen MR) is 155 cm³/mol. The fraction of sp³-hybridized carbons (Fsp3) is 0.519. The molecule has 1 aromatic carbocycles. The second-order valence-corrected chi connectivity index (χ2v) is 15.9. The van der Waals surface area contributed by atoms with Crippen LogP contribution in [0, 0.1) is 10.1 Å². The molecule has 1 aliphatic heterocycles. The van der Waals surface area contributed by atoms with E-state index in [0.29, 0.717) is 19.4 Å². The molecule has 4 bridgehead atoms. The van der Waals surface area contributed by atoms with E-state index in [9.17, 15) is 14.9 Å². The van der Waals surface area contributed by atoms with Crippen LogP contribution in [-0.2, 0) is 22.1 Å². The van der Waals surface area contributed by atoms with Crippen LogP contribution in [0.1, 0.15) is 51.7 Å². The number of benzene rings is 1. The molecule has 1 amide bonds.